The Kier molecular flexibility index (Phi) is 3.59. The second-order valence-corrected chi connectivity index (χ2v) is 4.19. The summed E-state index contributed by atoms with van der Waals surface area (Å²) in [7, 11) is 3.11. The molecule has 1 amide bonds. The van der Waals surface area contributed by atoms with Gasteiger partial charge in [0.25, 0.3) is 5.91 Å². The first-order valence-corrected chi connectivity index (χ1v) is 5.84. The van der Waals surface area contributed by atoms with Gasteiger partial charge in [0, 0.05) is 12.6 Å². The van der Waals surface area contributed by atoms with Crippen LogP contribution in [0.1, 0.15) is 34.3 Å². The van der Waals surface area contributed by atoms with Gasteiger partial charge in [-0.15, -0.1) is 0 Å². The van der Waals surface area contributed by atoms with E-state index in [1.807, 2.05) is 18.2 Å². The van der Waals surface area contributed by atoms with Crippen molar-refractivity contribution in [3.63, 3.8) is 0 Å². The van der Waals surface area contributed by atoms with Gasteiger partial charge in [0.2, 0.25) is 0 Å². The van der Waals surface area contributed by atoms with Crippen molar-refractivity contribution in [3.05, 3.63) is 41.0 Å². The fourth-order valence-corrected chi connectivity index (χ4v) is 2.00. The quantitative estimate of drug-likeness (QED) is 0.732. The maximum atomic E-state index is 11.9. The Morgan fingerprint density at radius 1 is 1.41 bits per heavy atom. The second-order valence-electron chi connectivity index (χ2n) is 4.19. The minimum Gasteiger partial charge on any atom is -0.274 e. The molecule has 0 aliphatic heterocycles. The summed E-state index contributed by atoms with van der Waals surface area (Å²) in [6.07, 6.45) is 7.60. The van der Waals surface area contributed by atoms with E-state index in [0.717, 1.165) is 19.3 Å². The Balaban J connectivity index is 2.30. The van der Waals surface area contributed by atoms with Crippen LogP contribution in [0.3, 0.4) is 0 Å². The summed E-state index contributed by atoms with van der Waals surface area (Å²) in [5, 5.41) is 1.24. The van der Waals surface area contributed by atoms with Crippen molar-refractivity contribution in [1.82, 2.24) is 5.06 Å². The number of rotatable bonds is 2. The molecule has 1 aromatic carbocycles. The van der Waals surface area contributed by atoms with Crippen LogP contribution >= 0.6 is 0 Å². The monoisotopic (exact) mass is 231 g/mol. The zero-order chi connectivity index (χ0) is 12.3. The molecule has 3 heteroatoms. The highest BCUT2D eigenvalue weighted by Gasteiger charge is 2.13. The second kappa shape index (κ2) is 5.15. The van der Waals surface area contributed by atoms with E-state index in [2.05, 4.69) is 12.2 Å². The lowest BCUT2D eigenvalue weighted by Gasteiger charge is -2.14. The van der Waals surface area contributed by atoms with Crippen molar-refractivity contribution >= 4 is 12.0 Å². The van der Waals surface area contributed by atoms with Crippen LogP contribution in [0.15, 0.2) is 24.3 Å². The molecule has 0 bridgehead atoms. The molecular weight excluding hydrogens is 214 g/mol. The molecule has 0 atom stereocenters. The zero-order valence-corrected chi connectivity index (χ0v) is 10.3. The highest BCUT2D eigenvalue weighted by Crippen LogP contribution is 2.20. The van der Waals surface area contributed by atoms with Crippen molar-refractivity contribution in [2.24, 2.45) is 0 Å². The first-order valence-electron chi connectivity index (χ1n) is 5.84. The lowest BCUT2D eigenvalue weighted by molar-refractivity contribution is -0.0757. The summed E-state index contributed by atoms with van der Waals surface area (Å²) < 4.78 is 0. The third-order valence-electron chi connectivity index (χ3n) is 3.06. The number of nitrogens with zero attached hydrogens (tertiary/aromatic N) is 1. The topological polar surface area (TPSA) is 29.5 Å². The molecule has 1 aliphatic rings. The fourth-order valence-electron chi connectivity index (χ4n) is 2.00. The van der Waals surface area contributed by atoms with Gasteiger partial charge in [-0.1, -0.05) is 18.2 Å². The van der Waals surface area contributed by atoms with Crippen LogP contribution in [0.5, 0.6) is 0 Å². The summed E-state index contributed by atoms with van der Waals surface area (Å²) in [6.45, 7) is 0. The van der Waals surface area contributed by atoms with Crippen LogP contribution in [0.2, 0.25) is 0 Å². The molecule has 0 aromatic heterocycles. The Morgan fingerprint density at radius 2 is 2.24 bits per heavy atom. The molecule has 2 rings (SSSR count). The zero-order valence-electron chi connectivity index (χ0n) is 10.3. The number of amides is 1. The minimum atomic E-state index is -0.108. The largest absolute Gasteiger partial charge is 0.277 e. The molecule has 3 nitrogen and oxygen atoms in total. The minimum absolute atomic E-state index is 0.108. The lowest BCUT2D eigenvalue weighted by Crippen LogP contribution is -2.25. The number of carbonyl (C=O) groups excluding carboxylic acids is 1. The van der Waals surface area contributed by atoms with Gasteiger partial charge in [0.15, 0.2) is 0 Å². The Hall–Kier alpha value is -1.61. The van der Waals surface area contributed by atoms with Crippen LogP contribution < -0.4 is 0 Å². The average molecular weight is 231 g/mol. The van der Waals surface area contributed by atoms with Gasteiger partial charge in [-0.3, -0.25) is 9.63 Å². The predicted octanol–water partition coefficient (Wildman–Crippen LogP) is 2.67. The van der Waals surface area contributed by atoms with Gasteiger partial charge in [-0.05, 0) is 42.5 Å². The van der Waals surface area contributed by atoms with Gasteiger partial charge in [0.1, 0.15) is 0 Å². The number of carbonyl (C=O) groups is 1. The summed E-state index contributed by atoms with van der Waals surface area (Å²) in [4.78, 5) is 16.8. The molecule has 90 valence electrons. The van der Waals surface area contributed by atoms with Crippen LogP contribution in [-0.4, -0.2) is 25.1 Å². The molecule has 0 saturated heterocycles. The highest BCUT2D eigenvalue weighted by atomic mass is 16.7. The van der Waals surface area contributed by atoms with Crippen LogP contribution in [0.4, 0.5) is 0 Å². The molecule has 0 heterocycles. The Labute approximate surface area is 102 Å². The normalized spacial score (nSPS) is 14.0. The molecule has 0 radical (unpaired) electrons. The summed E-state index contributed by atoms with van der Waals surface area (Å²) in [5.41, 5.74) is 3.15. The van der Waals surface area contributed by atoms with E-state index >= 15 is 0 Å². The van der Waals surface area contributed by atoms with E-state index in [4.69, 9.17) is 4.84 Å². The van der Waals surface area contributed by atoms with E-state index in [1.54, 1.807) is 7.05 Å². The van der Waals surface area contributed by atoms with E-state index < -0.39 is 0 Å². The standard InChI is InChI=1S/C14H17NO2/c1-15(17-2)14(16)13-9-8-11-6-4-3-5-7-12(11)10-13/h4,6,8-10H,3,5,7H2,1-2H3. The van der Waals surface area contributed by atoms with Gasteiger partial charge in [-0.25, -0.2) is 5.06 Å². The molecule has 0 saturated carbocycles. The van der Waals surface area contributed by atoms with Gasteiger partial charge in [-0.2, -0.15) is 0 Å². The molecule has 0 fully saturated rings. The maximum Gasteiger partial charge on any atom is 0.277 e. The summed E-state index contributed by atoms with van der Waals surface area (Å²) in [5.74, 6) is -0.108. The molecule has 1 aliphatic carbocycles. The number of allylic oxidation sites excluding steroid dienone is 1. The van der Waals surface area contributed by atoms with Crippen molar-refractivity contribution in [2.45, 2.75) is 19.3 Å². The first kappa shape index (κ1) is 11.9. The van der Waals surface area contributed by atoms with Gasteiger partial charge < -0.3 is 0 Å². The summed E-state index contributed by atoms with van der Waals surface area (Å²) >= 11 is 0. The van der Waals surface area contributed by atoms with Crippen molar-refractivity contribution < 1.29 is 9.63 Å². The van der Waals surface area contributed by atoms with Crippen LogP contribution in [-0.2, 0) is 11.3 Å². The average Bonchev–Trinajstić information content (AvgIpc) is 2.61. The number of hydroxylamine groups is 2. The van der Waals surface area contributed by atoms with Crippen molar-refractivity contribution in [2.75, 3.05) is 14.2 Å². The van der Waals surface area contributed by atoms with Crippen LogP contribution in [0.25, 0.3) is 6.08 Å². The number of benzene rings is 1. The first-order chi connectivity index (χ1) is 8.22. The van der Waals surface area contributed by atoms with Crippen molar-refractivity contribution in [3.8, 4) is 0 Å². The lowest BCUT2D eigenvalue weighted by atomic mass is 10.0. The molecule has 17 heavy (non-hydrogen) atoms. The Bertz CT molecular complexity index is 452. The van der Waals surface area contributed by atoms with Crippen LogP contribution in [0, 0.1) is 0 Å². The smallest absolute Gasteiger partial charge is 0.274 e. The molecular formula is C14H17NO2. The fraction of sp³-hybridized carbons (Fsp3) is 0.357. The van der Waals surface area contributed by atoms with E-state index in [0.29, 0.717) is 5.56 Å². The Morgan fingerprint density at radius 3 is 3.00 bits per heavy atom. The SMILES string of the molecule is CON(C)C(=O)c1ccc2c(c1)CCCC=C2. The van der Waals surface area contributed by atoms with E-state index in [1.165, 1.54) is 23.3 Å². The third-order valence-corrected chi connectivity index (χ3v) is 3.06. The molecule has 0 spiro atoms. The number of fused-ring (bicyclic) bond motifs is 1. The molecule has 1 aromatic rings. The predicted molar refractivity (Wildman–Crippen MR) is 67.5 cm³/mol. The molecule has 0 N–H and O–H groups in total. The van der Waals surface area contributed by atoms with E-state index in [9.17, 15) is 4.79 Å². The van der Waals surface area contributed by atoms with Gasteiger partial charge in [0.05, 0.1) is 7.11 Å². The number of aryl methyl sites for hydroxylation is 1. The molecule has 0 unspecified atom stereocenters. The van der Waals surface area contributed by atoms with Crippen molar-refractivity contribution in [1.29, 1.82) is 0 Å². The van der Waals surface area contributed by atoms with E-state index in [-0.39, 0.29) is 5.91 Å². The maximum absolute atomic E-state index is 11.9. The van der Waals surface area contributed by atoms with Gasteiger partial charge >= 0.3 is 0 Å². The third kappa shape index (κ3) is 2.56. The summed E-state index contributed by atoms with van der Waals surface area (Å²) in [6, 6.07) is 5.84. The highest BCUT2D eigenvalue weighted by molar-refractivity contribution is 5.93. The number of hydrogen-bond acceptors (Lipinski definition) is 2. The number of hydrogen-bond donors (Lipinski definition) is 0.